The summed E-state index contributed by atoms with van der Waals surface area (Å²) in [5.41, 5.74) is 5.00. The molecule has 0 aliphatic heterocycles. The van der Waals surface area contributed by atoms with E-state index in [1.807, 2.05) is 0 Å². The summed E-state index contributed by atoms with van der Waals surface area (Å²) in [4.78, 5) is 11.8. The van der Waals surface area contributed by atoms with Crippen LogP contribution in [0.4, 0.5) is 4.39 Å². The Labute approximate surface area is 121 Å². The number of ether oxygens (including phenoxy) is 1. The van der Waals surface area contributed by atoms with Gasteiger partial charge in [0.1, 0.15) is 0 Å². The maximum Gasteiger partial charge on any atom is 0.279 e. The number of thiocarbonyl (C=S) groups is 1. The molecule has 0 radical (unpaired) electrons. The Bertz CT molecular complexity index is 508. The highest BCUT2D eigenvalue weighted by atomic mass is 32.1. The minimum absolute atomic E-state index is 0.0360. The zero-order chi connectivity index (χ0) is 14.5. The standard InChI is InChI=1S/C13H16FN3O2S/c1-8(19-11-5-3-2-4-10(11)14)12(18)16-17-13(20)15-9-6-7-9/h2-5,8-9H,6-7H2,1H3,(H,16,18)(H2,15,17,20)/t8-/m1/s1. The van der Waals surface area contributed by atoms with Crippen molar-refractivity contribution in [3.05, 3.63) is 30.1 Å². The Morgan fingerprint density at radius 1 is 1.40 bits per heavy atom. The van der Waals surface area contributed by atoms with Gasteiger partial charge in [0.15, 0.2) is 22.8 Å². The molecule has 20 heavy (non-hydrogen) atoms. The van der Waals surface area contributed by atoms with E-state index in [1.165, 1.54) is 19.1 Å². The van der Waals surface area contributed by atoms with Crippen LogP contribution >= 0.6 is 12.2 Å². The summed E-state index contributed by atoms with van der Waals surface area (Å²) in [6.07, 6.45) is 1.33. The number of hydrazine groups is 1. The monoisotopic (exact) mass is 297 g/mol. The predicted octanol–water partition coefficient (Wildman–Crippen LogP) is 1.25. The lowest BCUT2D eigenvalue weighted by atomic mass is 10.3. The third-order valence-electron chi connectivity index (χ3n) is 2.72. The summed E-state index contributed by atoms with van der Waals surface area (Å²) in [6, 6.07) is 6.32. The molecule has 1 aliphatic rings. The fourth-order valence-corrected chi connectivity index (χ4v) is 1.67. The number of para-hydroxylation sites is 1. The molecule has 108 valence electrons. The maximum absolute atomic E-state index is 13.4. The molecule has 1 amide bonds. The van der Waals surface area contributed by atoms with Crippen LogP contribution in [0.3, 0.4) is 0 Å². The molecule has 1 saturated carbocycles. The minimum Gasteiger partial charge on any atom is -0.478 e. The first-order valence-corrected chi connectivity index (χ1v) is 6.74. The van der Waals surface area contributed by atoms with Crippen LogP contribution in [0.1, 0.15) is 19.8 Å². The summed E-state index contributed by atoms with van der Waals surface area (Å²) >= 11 is 4.99. The van der Waals surface area contributed by atoms with Crippen molar-refractivity contribution >= 4 is 23.2 Å². The highest BCUT2D eigenvalue weighted by molar-refractivity contribution is 7.80. The van der Waals surface area contributed by atoms with Crippen LogP contribution in [0.2, 0.25) is 0 Å². The van der Waals surface area contributed by atoms with E-state index in [0.717, 1.165) is 12.8 Å². The van der Waals surface area contributed by atoms with Crippen LogP contribution in [-0.4, -0.2) is 23.2 Å². The van der Waals surface area contributed by atoms with Crippen LogP contribution in [0.15, 0.2) is 24.3 Å². The topological polar surface area (TPSA) is 62.4 Å². The molecule has 0 aromatic heterocycles. The molecule has 7 heteroatoms. The number of benzene rings is 1. The molecular formula is C13H16FN3O2S. The highest BCUT2D eigenvalue weighted by Gasteiger charge is 2.22. The van der Waals surface area contributed by atoms with Gasteiger partial charge in [-0.05, 0) is 44.1 Å². The van der Waals surface area contributed by atoms with Gasteiger partial charge in [-0.3, -0.25) is 15.6 Å². The van der Waals surface area contributed by atoms with E-state index in [1.54, 1.807) is 12.1 Å². The molecule has 1 aliphatic carbocycles. The van der Waals surface area contributed by atoms with Crippen LogP contribution in [0, 0.1) is 5.82 Å². The molecule has 0 heterocycles. The summed E-state index contributed by atoms with van der Waals surface area (Å²) in [5.74, 6) is -0.909. The molecule has 2 rings (SSSR count). The number of hydrogen-bond acceptors (Lipinski definition) is 3. The van der Waals surface area contributed by atoms with E-state index in [0.29, 0.717) is 11.2 Å². The molecule has 0 saturated heterocycles. The molecular weight excluding hydrogens is 281 g/mol. The van der Waals surface area contributed by atoms with Gasteiger partial charge in [0.2, 0.25) is 0 Å². The second kappa shape index (κ2) is 6.51. The SMILES string of the molecule is C[C@@H](Oc1ccccc1F)C(=O)NNC(=S)NC1CC1. The average molecular weight is 297 g/mol. The van der Waals surface area contributed by atoms with Crippen molar-refractivity contribution in [3.8, 4) is 5.75 Å². The fraction of sp³-hybridized carbons (Fsp3) is 0.385. The van der Waals surface area contributed by atoms with Gasteiger partial charge in [-0.15, -0.1) is 0 Å². The van der Waals surface area contributed by atoms with Crippen molar-refractivity contribution in [3.63, 3.8) is 0 Å². The molecule has 1 aromatic rings. The number of carbonyl (C=O) groups excluding carboxylic acids is 1. The van der Waals surface area contributed by atoms with Gasteiger partial charge in [-0.25, -0.2) is 4.39 Å². The zero-order valence-electron chi connectivity index (χ0n) is 11.0. The van der Waals surface area contributed by atoms with Crippen molar-refractivity contribution in [2.75, 3.05) is 0 Å². The number of hydrogen-bond donors (Lipinski definition) is 3. The van der Waals surface area contributed by atoms with Gasteiger partial charge in [0.05, 0.1) is 0 Å². The molecule has 1 aromatic carbocycles. The molecule has 0 unspecified atom stereocenters. The fourth-order valence-electron chi connectivity index (χ4n) is 1.45. The first-order chi connectivity index (χ1) is 9.56. The largest absolute Gasteiger partial charge is 0.478 e. The van der Waals surface area contributed by atoms with Crippen LogP contribution in [0.5, 0.6) is 5.75 Å². The molecule has 3 N–H and O–H groups in total. The summed E-state index contributed by atoms with van der Waals surface area (Å²) < 4.78 is 18.6. The van der Waals surface area contributed by atoms with E-state index in [9.17, 15) is 9.18 Å². The summed E-state index contributed by atoms with van der Waals surface area (Å²) in [6.45, 7) is 1.53. The van der Waals surface area contributed by atoms with E-state index in [-0.39, 0.29) is 5.75 Å². The Morgan fingerprint density at radius 3 is 2.75 bits per heavy atom. The molecule has 0 bridgehead atoms. The van der Waals surface area contributed by atoms with Gasteiger partial charge < -0.3 is 10.1 Å². The second-order valence-corrected chi connectivity index (χ2v) is 4.96. The lowest BCUT2D eigenvalue weighted by molar-refractivity contribution is -0.127. The Balaban J connectivity index is 1.76. The quantitative estimate of drug-likeness (QED) is 0.577. The lowest BCUT2D eigenvalue weighted by Gasteiger charge is -2.16. The second-order valence-electron chi connectivity index (χ2n) is 4.55. The molecule has 0 spiro atoms. The van der Waals surface area contributed by atoms with Crippen molar-refractivity contribution in [1.82, 2.24) is 16.2 Å². The van der Waals surface area contributed by atoms with Gasteiger partial charge in [-0.1, -0.05) is 12.1 Å². The Kier molecular flexibility index (Phi) is 4.73. The van der Waals surface area contributed by atoms with E-state index >= 15 is 0 Å². The third kappa shape index (κ3) is 4.34. The third-order valence-corrected chi connectivity index (χ3v) is 2.94. The number of carbonyl (C=O) groups is 1. The lowest BCUT2D eigenvalue weighted by Crippen LogP contribution is -2.50. The minimum atomic E-state index is -0.844. The van der Waals surface area contributed by atoms with E-state index in [2.05, 4.69) is 16.2 Å². The van der Waals surface area contributed by atoms with Crippen molar-refractivity contribution in [2.24, 2.45) is 0 Å². The Morgan fingerprint density at radius 2 is 2.10 bits per heavy atom. The van der Waals surface area contributed by atoms with Gasteiger partial charge in [0, 0.05) is 6.04 Å². The average Bonchev–Trinajstić information content (AvgIpc) is 3.22. The number of amides is 1. The van der Waals surface area contributed by atoms with E-state index in [4.69, 9.17) is 17.0 Å². The van der Waals surface area contributed by atoms with Gasteiger partial charge >= 0.3 is 0 Å². The van der Waals surface area contributed by atoms with Crippen LogP contribution in [-0.2, 0) is 4.79 Å². The Hall–Kier alpha value is -1.89. The predicted molar refractivity (Wildman–Crippen MR) is 76.5 cm³/mol. The first kappa shape index (κ1) is 14.5. The van der Waals surface area contributed by atoms with Gasteiger partial charge in [0.25, 0.3) is 5.91 Å². The van der Waals surface area contributed by atoms with Crippen molar-refractivity contribution < 1.29 is 13.9 Å². The number of halogens is 1. The van der Waals surface area contributed by atoms with Crippen molar-refractivity contribution in [1.29, 1.82) is 0 Å². The summed E-state index contributed by atoms with van der Waals surface area (Å²) in [7, 11) is 0. The van der Waals surface area contributed by atoms with Gasteiger partial charge in [-0.2, -0.15) is 0 Å². The number of nitrogens with one attached hydrogen (secondary N) is 3. The molecule has 1 fully saturated rings. The number of rotatable bonds is 4. The van der Waals surface area contributed by atoms with Crippen LogP contribution in [0.25, 0.3) is 0 Å². The molecule has 1 atom stereocenters. The normalized spacial score (nSPS) is 15.1. The smallest absolute Gasteiger partial charge is 0.279 e. The maximum atomic E-state index is 13.4. The molecule has 5 nitrogen and oxygen atoms in total. The zero-order valence-corrected chi connectivity index (χ0v) is 11.8. The first-order valence-electron chi connectivity index (χ1n) is 6.34. The van der Waals surface area contributed by atoms with Crippen molar-refractivity contribution in [2.45, 2.75) is 31.9 Å². The van der Waals surface area contributed by atoms with Crippen LogP contribution < -0.4 is 20.9 Å². The summed E-state index contributed by atoms with van der Waals surface area (Å²) in [5, 5.41) is 3.37. The highest BCUT2D eigenvalue weighted by Crippen LogP contribution is 2.18. The van der Waals surface area contributed by atoms with E-state index < -0.39 is 17.8 Å².